The summed E-state index contributed by atoms with van der Waals surface area (Å²) >= 11 is 11.8. The molecule has 0 saturated carbocycles. The van der Waals surface area contributed by atoms with Gasteiger partial charge in [-0.25, -0.2) is 8.42 Å². The van der Waals surface area contributed by atoms with Crippen LogP contribution in [0.2, 0.25) is 10.0 Å². The predicted molar refractivity (Wildman–Crippen MR) is 80.7 cm³/mol. The molecular weight excluding hydrogens is 321 g/mol. The summed E-state index contributed by atoms with van der Waals surface area (Å²) in [5.74, 6) is 0. The van der Waals surface area contributed by atoms with Crippen LogP contribution in [0.4, 0.5) is 11.4 Å². The molecule has 1 heterocycles. The van der Waals surface area contributed by atoms with Crippen LogP contribution >= 0.6 is 23.2 Å². The number of aromatic nitrogens is 1. The number of benzene rings is 1. The summed E-state index contributed by atoms with van der Waals surface area (Å²) in [5.41, 5.74) is 6.19. The van der Waals surface area contributed by atoms with E-state index >= 15 is 0 Å². The fourth-order valence-corrected chi connectivity index (χ4v) is 3.82. The highest BCUT2D eigenvalue weighted by molar-refractivity contribution is 7.93. The van der Waals surface area contributed by atoms with Crippen LogP contribution in [0.5, 0.6) is 0 Å². The largest absolute Gasteiger partial charge is 0.398 e. The van der Waals surface area contributed by atoms with Crippen molar-refractivity contribution in [1.29, 1.82) is 0 Å². The van der Waals surface area contributed by atoms with Crippen LogP contribution in [-0.4, -0.2) is 20.4 Å². The molecule has 2 N–H and O–H groups in total. The molecule has 0 aliphatic carbocycles. The number of nitrogens with two attached hydrogens (primary N) is 1. The highest BCUT2D eigenvalue weighted by Gasteiger charge is 2.27. The third-order valence-electron chi connectivity index (χ3n) is 2.68. The molecule has 8 heteroatoms. The van der Waals surface area contributed by atoms with Crippen LogP contribution < -0.4 is 10.0 Å². The van der Waals surface area contributed by atoms with E-state index in [0.29, 0.717) is 5.69 Å². The van der Waals surface area contributed by atoms with Crippen LogP contribution in [0, 0.1) is 0 Å². The summed E-state index contributed by atoms with van der Waals surface area (Å²) in [6.07, 6.45) is 2.99. The molecule has 0 bridgehead atoms. The van der Waals surface area contributed by atoms with Crippen molar-refractivity contribution < 1.29 is 8.42 Å². The van der Waals surface area contributed by atoms with E-state index in [0.717, 1.165) is 4.31 Å². The number of hydrogen-bond acceptors (Lipinski definition) is 4. The second-order valence-electron chi connectivity index (χ2n) is 3.98. The Labute approximate surface area is 127 Å². The first-order chi connectivity index (χ1) is 9.34. The van der Waals surface area contributed by atoms with E-state index in [-0.39, 0.29) is 20.6 Å². The van der Waals surface area contributed by atoms with Gasteiger partial charge in [0.2, 0.25) is 0 Å². The number of nitrogens with zero attached hydrogens (tertiary/aromatic N) is 2. The van der Waals surface area contributed by atoms with Gasteiger partial charge in [-0.05, 0) is 24.3 Å². The molecule has 2 rings (SSSR count). The summed E-state index contributed by atoms with van der Waals surface area (Å²) in [7, 11) is -2.47. The molecule has 0 fully saturated rings. The van der Waals surface area contributed by atoms with E-state index in [1.165, 1.54) is 31.6 Å². The Morgan fingerprint density at radius 2 is 1.80 bits per heavy atom. The summed E-state index contributed by atoms with van der Waals surface area (Å²) < 4.78 is 26.3. The molecule has 0 radical (unpaired) electrons. The Hall–Kier alpha value is -1.50. The molecule has 20 heavy (non-hydrogen) atoms. The van der Waals surface area contributed by atoms with Crippen molar-refractivity contribution in [2.24, 2.45) is 0 Å². The van der Waals surface area contributed by atoms with Crippen LogP contribution in [0.15, 0.2) is 41.6 Å². The highest BCUT2D eigenvalue weighted by atomic mass is 35.5. The molecule has 1 aromatic carbocycles. The van der Waals surface area contributed by atoms with Gasteiger partial charge in [0.1, 0.15) is 4.90 Å². The predicted octanol–water partition coefficient (Wildman–Crippen LogP) is 2.80. The number of nitrogen functional groups attached to an aromatic ring is 1. The normalized spacial score (nSPS) is 11.3. The Balaban J connectivity index is 2.57. The van der Waals surface area contributed by atoms with E-state index in [1.54, 1.807) is 12.1 Å². The summed E-state index contributed by atoms with van der Waals surface area (Å²) in [6.45, 7) is 0. The zero-order chi connectivity index (χ0) is 14.9. The lowest BCUT2D eigenvalue weighted by Crippen LogP contribution is -2.27. The molecule has 5 nitrogen and oxygen atoms in total. The van der Waals surface area contributed by atoms with Gasteiger partial charge in [0.05, 0.1) is 16.4 Å². The minimum atomic E-state index is -3.88. The highest BCUT2D eigenvalue weighted by Crippen LogP contribution is 2.34. The average molecular weight is 332 g/mol. The maximum absolute atomic E-state index is 12.6. The lowest BCUT2D eigenvalue weighted by molar-refractivity contribution is 0.595. The topological polar surface area (TPSA) is 76.3 Å². The van der Waals surface area contributed by atoms with E-state index < -0.39 is 10.0 Å². The quantitative estimate of drug-likeness (QED) is 0.877. The Kier molecular flexibility index (Phi) is 4.08. The van der Waals surface area contributed by atoms with E-state index in [4.69, 9.17) is 28.9 Å². The molecule has 1 aromatic heterocycles. The molecule has 0 atom stereocenters. The minimum Gasteiger partial charge on any atom is -0.398 e. The molecule has 2 aromatic rings. The lowest BCUT2D eigenvalue weighted by Gasteiger charge is -2.21. The van der Waals surface area contributed by atoms with Crippen molar-refractivity contribution in [3.8, 4) is 0 Å². The number of hydrogen-bond donors (Lipinski definition) is 1. The number of halogens is 2. The van der Waals surface area contributed by atoms with Gasteiger partial charge in [0.15, 0.2) is 0 Å². The average Bonchev–Trinajstić information content (AvgIpc) is 2.37. The van der Waals surface area contributed by atoms with Gasteiger partial charge in [-0.3, -0.25) is 9.29 Å². The van der Waals surface area contributed by atoms with Crippen molar-refractivity contribution in [2.45, 2.75) is 4.90 Å². The maximum atomic E-state index is 12.6. The monoisotopic (exact) mass is 331 g/mol. The fourth-order valence-electron chi connectivity index (χ4n) is 1.68. The van der Waals surface area contributed by atoms with Gasteiger partial charge in [-0.15, -0.1) is 0 Å². The van der Waals surface area contributed by atoms with Gasteiger partial charge in [0.25, 0.3) is 10.0 Å². The third kappa shape index (κ3) is 2.67. The van der Waals surface area contributed by atoms with Gasteiger partial charge in [0, 0.05) is 24.5 Å². The molecule has 0 unspecified atom stereocenters. The minimum absolute atomic E-state index is 0.00315. The molecular formula is C12H11Cl2N3O2S. The number of anilines is 2. The SMILES string of the molecule is CN(c1ccncc1)S(=O)(=O)c1c(N)cc(Cl)cc1Cl. The number of rotatable bonds is 3. The fraction of sp³-hybridized carbons (Fsp3) is 0.0833. The van der Waals surface area contributed by atoms with Gasteiger partial charge in [-0.1, -0.05) is 23.2 Å². The van der Waals surface area contributed by atoms with Gasteiger partial charge < -0.3 is 5.73 Å². The lowest BCUT2D eigenvalue weighted by atomic mass is 10.3. The van der Waals surface area contributed by atoms with Crippen molar-refractivity contribution in [3.05, 3.63) is 46.7 Å². The first-order valence-corrected chi connectivity index (χ1v) is 7.67. The van der Waals surface area contributed by atoms with Crippen LogP contribution in [0.3, 0.4) is 0 Å². The first kappa shape index (κ1) is 14.9. The second kappa shape index (κ2) is 5.47. The zero-order valence-electron chi connectivity index (χ0n) is 10.4. The molecule has 0 aliphatic heterocycles. The molecule has 106 valence electrons. The molecule has 0 amide bonds. The van der Waals surface area contributed by atoms with Crippen molar-refractivity contribution in [1.82, 2.24) is 4.98 Å². The second-order valence-corrected chi connectivity index (χ2v) is 6.73. The van der Waals surface area contributed by atoms with Crippen LogP contribution in [0.25, 0.3) is 0 Å². The Morgan fingerprint density at radius 1 is 1.20 bits per heavy atom. The molecule has 0 spiro atoms. The van der Waals surface area contributed by atoms with Crippen molar-refractivity contribution >= 4 is 44.6 Å². The Morgan fingerprint density at radius 3 is 2.35 bits per heavy atom. The van der Waals surface area contributed by atoms with Gasteiger partial charge >= 0.3 is 0 Å². The van der Waals surface area contributed by atoms with Crippen molar-refractivity contribution in [3.63, 3.8) is 0 Å². The summed E-state index contributed by atoms with van der Waals surface area (Å²) in [6, 6.07) is 5.82. The third-order valence-corrected chi connectivity index (χ3v) is 5.21. The smallest absolute Gasteiger partial charge is 0.267 e. The number of pyridine rings is 1. The zero-order valence-corrected chi connectivity index (χ0v) is 12.7. The van der Waals surface area contributed by atoms with E-state index in [9.17, 15) is 8.42 Å². The molecule has 0 saturated heterocycles. The van der Waals surface area contributed by atoms with Gasteiger partial charge in [-0.2, -0.15) is 0 Å². The molecule has 0 aliphatic rings. The maximum Gasteiger partial charge on any atom is 0.267 e. The Bertz CT molecular complexity index is 713. The first-order valence-electron chi connectivity index (χ1n) is 5.47. The van der Waals surface area contributed by atoms with Crippen LogP contribution in [0.1, 0.15) is 0 Å². The standard InChI is InChI=1S/C12H11Cl2N3O2S/c1-17(9-2-4-16-5-3-9)20(18,19)12-10(14)6-8(13)7-11(12)15/h2-7H,15H2,1H3. The number of sulfonamides is 1. The van der Waals surface area contributed by atoms with Crippen molar-refractivity contribution in [2.75, 3.05) is 17.1 Å². The van der Waals surface area contributed by atoms with E-state index in [1.807, 2.05) is 0 Å². The van der Waals surface area contributed by atoms with Crippen LogP contribution in [-0.2, 0) is 10.0 Å². The summed E-state index contributed by atoms with van der Waals surface area (Å²) in [4.78, 5) is 3.68. The summed E-state index contributed by atoms with van der Waals surface area (Å²) in [5, 5.41) is 0.258. The van der Waals surface area contributed by atoms with E-state index in [2.05, 4.69) is 4.98 Å².